The fourth-order valence-electron chi connectivity index (χ4n) is 4.02. The highest BCUT2D eigenvalue weighted by molar-refractivity contribution is 5.79. The third kappa shape index (κ3) is 6.79. The van der Waals surface area contributed by atoms with Gasteiger partial charge in [0.05, 0.1) is 12.0 Å². The summed E-state index contributed by atoms with van der Waals surface area (Å²) in [5, 5.41) is 23.9. The van der Waals surface area contributed by atoms with E-state index in [-0.39, 0.29) is 31.4 Å². The minimum absolute atomic E-state index is 0.00480. The standard InChI is InChI=1S/C25H30N2O6/c1-25(32,14-23(29)30)16-27-22(28)12-6-7-13-26-24(31)33-15-21-19-10-4-2-8-17(19)18-9-3-5-11-20(18)21/h2-5,8-11,21,32H,6-7,12-16H2,1H3,(H,26,31)(H,27,28)(H,29,30). The third-order valence-corrected chi connectivity index (χ3v) is 5.64. The van der Waals surface area contributed by atoms with Crippen molar-refractivity contribution in [1.82, 2.24) is 10.6 Å². The number of aliphatic carboxylic acids is 1. The molecule has 2 amide bonds. The molecule has 0 aliphatic heterocycles. The zero-order valence-electron chi connectivity index (χ0n) is 18.7. The Balaban J connectivity index is 1.34. The summed E-state index contributed by atoms with van der Waals surface area (Å²) in [6.07, 6.45) is 0.401. The number of amides is 2. The van der Waals surface area contributed by atoms with E-state index >= 15 is 0 Å². The molecule has 1 aliphatic carbocycles. The van der Waals surface area contributed by atoms with E-state index < -0.39 is 24.1 Å². The summed E-state index contributed by atoms with van der Waals surface area (Å²) in [4.78, 5) is 34.6. The number of nitrogens with one attached hydrogen (secondary N) is 2. The van der Waals surface area contributed by atoms with Gasteiger partial charge < -0.3 is 25.6 Å². The van der Waals surface area contributed by atoms with Gasteiger partial charge in [0, 0.05) is 25.4 Å². The van der Waals surface area contributed by atoms with Crippen LogP contribution in [0.15, 0.2) is 48.5 Å². The molecule has 8 heteroatoms. The van der Waals surface area contributed by atoms with Crippen LogP contribution in [0.3, 0.4) is 0 Å². The van der Waals surface area contributed by atoms with Crippen LogP contribution in [0.2, 0.25) is 0 Å². The van der Waals surface area contributed by atoms with Crippen LogP contribution in [0.25, 0.3) is 11.1 Å². The minimum atomic E-state index is -1.49. The fraction of sp³-hybridized carbons (Fsp3) is 0.400. The maximum atomic E-state index is 12.1. The largest absolute Gasteiger partial charge is 0.481 e. The third-order valence-electron chi connectivity index (χ3n) is 5.64. The molecule has 1 unspecified atom stereocenters. The normalized spacial score (nSPS) is 14.0. The summed E-state index contributed by atoms with van der Waals surface area (Å²) in [5.74, 6) is -1.40. The Kier molecular flexibility index (Phi) is 8.06. The van der Waals surface area contributed by atoms with E-state index in [1.54, 1.807) is 0 Å². The highest BCUT2D eigenvalue weighted by Gasteiger charge is 2.29. The van der Waals surface area contributed by atoms with Gasteiger partial charge in [-0.2, -0.15) is 0 Å². The van der Waals surface area contributed by atoms with E-state index in [4.69, 9.17) is 9.84 Å². The lowest BCUT2D eigenvalue weighted by atomic mass is 9.98. The second-order valence-electron chi connectivity index (χ2n) is 8.55. The van der Waals surface area contributed by atoms with Gasteiger partial charge in [-0.3, -0.25) is 9.59 Å². The SMILES string of the molecule is CC(O)(CNC(=O)CCCCNC(=O)OCC1c2ccccc2-c2ccccc21)CC(=O)O. The molecule has 2 aromatic rings. The smallest absolute Gasteiger partial charge is 0.407 e. The van der Waals surface area contributed by atoms with Crippen LogP contribution in [0.4, 0.5) is 4.79 Å². The van der Waals surface area contributed by atoms with Gasteiger partial charge in [0.15, 0.2) is 0 Å². The van der Waals surface area contributed by atoms with Crippen LogP contribution >= 0.6 is 0 Å². The molecule has 1 atom stereocenters. The maximum absolute atomic E-state index is 12.1. The van der Waals surface area contributed by atoms with Crippen molar-refractivity contribution in [3.63, 3.8) is 0 Å². The molecule has 8 nitrogen and oxygen atoms in total. The van der Waals surface area contributed by atoms with Crippen LogP contribution in [-0.2, 0) is 14.3 Å². The lowest BCUT2D eigenvalue weighted by Gasteiger charge is -2.21. The van der Waals surface area contributed by atoms with Crippen molar-refractivity contribution in [1.29, 1.82) is 0 Å². The van der Waals surface area contributed by atoms with Crippen LogP contribution in [-0.4, -0.2) is 53.5 Å². The first-order valence-corrected chi connectivity index (χ1v) is 11.1. The number of carbonyl (C=O) groups excluding carboxylic acids is 2. The molecular weight excluding hydrogens is 424 g/mol. The predicted molar refractivity (Wildman–Crippen MR) is 123 cm³/mol. The Morgan fingerprint density at radius 3 is 2.18 bits per heavy atom. The van der Waals surface area contributed by atoms with Crippen LogP contribution in [0.5, 0.6) is 0 Å². The Morgan fingerprint density at radius 2 is 1.58 bits per heavy atom. The van der Waals surface area contributed by atoms with Gasteiger partial charge in [0.1, 0.15) is 6.61 Å². The molecule has 1 aliphatic rings. The van der Waals surface area contributed by atoms with Gasteiger partial charge in [-0.25, -0.2) is 4.79 Å². The summed E-state index contributed by atoms with van der Waals surface area (Å²) in [6, 6.07) is 16.3. The first kappa shape index (κ1) is 24.3. The highest BCUT2D eigenvalue weighted by atomic mass is 16.5. The van der Waals surface area contributed by atoms with Crippen LogP contribution in [0, 0.1) is 0 Å². The summed E-state index contributed by atoms with van der Waals surface area (Å²) in [7, 11) is 0. The number of aliphatic hydroxyl groups is 1. The van der Waals surface area contributed by atoms with Gasteiger partial charge in [0.25, 0.3) is 0 Å². The zero-order chi connectivity index (χ0) is 23.8. The molecular formula is C25H30N2O6. The molecule has 0 fully saturated rings. The molecule has 4 N–H and O–H groups in total. The van der Waals surface area contributed by atoms with Crippen molar-refractivity contribution in [3.8, 4) is 11.1 Å². The Hall–Kier alpha value is -3.39. The second-order valence-corrected chi connectivity index (χ2v) is 8.55. The van der Waals surface area contributed by atoms with Gasteiger partial charge in [-0.1, -0.05) is 48.5 Å². The summed E-state index contributed by atoms with van der Waals surface area (Å²) in [6.45, 7) is 1.86. The number of benzene rings is 2. The monoisotopic (exact) mass is 454 g/mol. The lowest BCUT2D eigenvalue weighted by molar-refractivity contribution is -0.142. The first-order chi connectivity index (χ1) is 15.8. The molecule has 0 saturated carbocycles. The molecule has 0 bridgehead atoms. The molecule has 2 aromatic carbocycles. The van der Waals surface area contributed by atoms with Crippen molar-refractivity contribution < 1.29 is 29.3 Å². The number of carbonyl (C=O) groups is 3. The van der Waals surface area contributed by atoms with E-state index in [0.29, 0.717) is 19.4 Å². The fourth-order valence-corrected chi connectivity index (χ4v) is 4.02. The number of carboxylic acid groups (broad SMARTS) is 1. The zero-order valence-corrected chi connectivity index (χ0v) is 18.7. The molecule has 33 heavy (non-hydrogen) atoms. The van der Waals surface area contributed by atoms with E-state index in [1.165, 1.54) is 18.1 Å². The maximum Gasteiger partial charge on any atom is 0.407 e. The minimum Gasteiger partial charge on any atom is -0.481 e. The molecule has 0 aromatic heterocycles. The average molecular weight is 455 g/mol. The van der Waals surface area contributed by atoms with Crippen molar-refractivity contribution in [2.75, 3.05) is 19.7 Å². The number of carboxylic acids is 1. The van der Waals surface area contributed by atoms with Gasteiger partial charge in [-0.05, 0) is 42.0 Å². The van der Waals surface area contributed by atoms with Crippen molar-refractivity contribution in [3.05, 3.63) is 59.7 Å². The summed E-state index contributed by atoms with van der Waals surface area (Å²) in [5.41, 5.74) is 3.15. The topological polar surface area (TPSA) is 125 Å². The van der Waals surface area contributed by atoms with Crippen molar-refractivity contribution >= 4 is 18.0 Å². The van der Waals surface area contributed by atoms with E-state index in [2.05, 4.69) is 34.9 Å². The quantitative estimate of drug-likeness (QED) is 0.387. The number of hydrogen-bond donors (Lipinski definition) is 4. The van der Waals surface area contributed by atoms with E-state index in [0.717, 1.165) is 11.1 Å². The predicted octanol–water partition coefficient (Wildman–Crippen LogP) is 3.04. The number of unbranched alkanes of at least 4 members (excludes halogenated alkanes) is 1. The number of alkyl carbamates (subject to hydrolysis) is 1. The van der Waals surface area contributed by atoms with Crippen LogP contribution < -0.4 is 10.6 Å². The van der Waals surface area contributed by atoms with Crippen molar-refractivity contribution in [2.45, 2.75) is 44.1 Å². The van der Waals surface area contributed by atoms with Gasteiger partial charge in [-0.15, -0.1) is 0 Å². The van der Waals surface area contributed by atoms with Crippen molar-refractivity contribution in [2.24, 2.45) is 0 Å². The Bertz CT molecular complexity index is 958. The summed E-state index contributed by atoms with van der Waals surface area (Å²) >= 11 is 0. The number of fused-ring (bicyclic) bond motifs is 3. The summed E-state index contributed by atoms with van der Waals surface area (Å²) < 4.78 is 5.47. The van der Waals surface area contributed by atoms with E-state index in [9.17, 15) is 19.5 Å². The Labute approximate surface area is 193 Å². The molecule has 176 valence electrons. The highest BCUT2D eigenvalue weighted by Crippen LogP contribution is 2.44. The lowest BCUT2D eigenvalue weighted by Crippen LogP contribution is -2.42. The van der Waals surface area contributed by atoms with Crippen LogP contribution in [0.1, 0.15) is 49.7 Å². The molecule has 0 spiro atoms. The average Bonchev–Trinajstić information content (AvgIpc) is 3.09. The molecule has 0 saturated heterocycles. The van der Waals surface area contributed by atoms with E-state index in [1.807, 2.05) is 24.3 Å². The molecule has 3 rings (SSSR count). The Morgan fingerprint density at radius 1 is 0.970 bits per heavy atom. The van der Waals surface area contributed by atoms with Gasteiger partial charge in [0.2, 0.25) is 5.91 Å². The number of ether oxygens (including phenoxy) is 1. The first-order valence-electron chi connectivity index (χ1n) is 11.1. The number of hydrogen-bond acceptors (Lipinski definition) is 5. The second kappa shape index (κ2) is 11.0. The number of rotatable bonds is 11. The van der Waals surface area contributed by atoms with Gasteiger partial charge >= 0.3 is 12.1 Å². The molecule has 0 heterocycles. The molecule has 0 radical (unpaired) electrons.